The van der Waals surface area contributed by atoms with Crippen molar-refractivity contribution in [3.63, 3.8) is 0 Å². The van der Waals surface area contributed by atoms with Gasteiger partial charge in [0.2, 0.25) is 0 Å². The molecule has 6 heteroatoms. The maximum Gasteiger partial charge on any atom is 0.341 e. The van der Waals surface area contributed by atoms with Gasteiger partial charge in [0.1, 0.15) is 10.8 Å². The second-order valence-corrected chi connectivity index (χ2v) is 8.33. The van der Waals surface area contributed by atoms with E-state index < -0.39 is 0 Å². The summed E-state index contributed by atoms with van der Waals surface area (Å²) in [5, 5.41) is 3.51. The second kappa shape index (κ2) is 9.24. The Balaban J connectivity index is 1.77. The van der Waals surface area contributed by atoms with E-state index in [0.717, 1.165) is 43.4 Å². The van der Waals surface area contributed by atoms with Crippen LogP contribution in [0.5, 0.6) is 5.75 Å². The van der Waals surface area contributed by atoms with Crippen molar-refractivity contribution in [1.29, 1.82) is 0 Å². The Bertz CT molecular complexity index is 841. The number of unbranched alkanes of at least 4 members (excludes halogenated alkanes) is 1. The number of rotatable bonds is 7. The maximum atomic E-state index is 12.7. The molecule has 5 nitrogen and oxygen atoms in total. The Kier molecular flexibility index (Phi) is 6.73. The van der Waals surface area contributed by atoms with Crippen LogP contribution in [0.1, 0.15) is 64.3 Å². The predicted molar refractivity (Wildman–Crippen MR) is 112 cm³/mol. The summed E-state index contributed by atoms with van der Waals surface area (Å²) in [7, 11) is 1.38. The zero-order valence-electron chi connectivity index (χ0n) is 16.7. The number of anilines is 1. The fourth-order valence-corrected chi connectivity index (χ4v) is 4.76. The van der Waals surface area contributed by atoms with Gasteiger partial charge in [-0.25, -0.2) is 4.79 Å². The number of fused-ring (bicyclic) bond motifs is 1. The van der Waals surface area contributed by atoms with Crippen LogP contribution in [0.4, 0.5) is 5.00 Å². The molecule has 0 aliphatic heterocycles. The molecule has 1 aromatic carbocycles. The molecule has 0 saturated heterocycles. The highest BCUT2D eigenvalue weighted by Gasteiger charge is 2.29. The third kappa shape index (κ3) is 4.55. The van der Waals surface area contributed by atoms with E-state index in [0.29, 0.717) is 28.7 Å². The van der Waals surface area contributed by atoms with Crippen LogP contribution in [0.25, 0.3) is 0 Å². The number of carbonyl (C=O) groups excluding carboxylic acids is 2. The van der Waals surface area contributed by atoms with E-state index in [4.69, 9.17) is 9.47 Å². The summed E-state index contributed by atoms with van der Waals surface area (Å²) in [6.07, 6.45) is 4.90. The summed E-state index contributed by atoms with van der Waals surface area (Å²) in [5.74, 6) is 0.709. The minimum Gasteiger partial charge on any atom is -0.494 e. The molecule has 1 amide bonds. The van der Waals surface area contributed by atoms with Crippen LogP contribution in [-0.4, -0.2) is 25.6 Å². The van der Waals surface area contributed by atoms with Crippen molar-refractivity contribution in [1.82, 2.24) is 0 Å². The lowest BCUT2D eigenvalue weighted by atomic mass is 9.88. The lowest BCUT2D eigenvalue weighted by molar-refractivity contribution is 0.0601. The highest BCUT2D eigenvalue weighted by molar-refractivity contribution is 7.17. The molecule has 0 fully saturated rings. The molecule has 1 aliphatic rings. The smallest absolute Gasteiger partial charge is 0.341 e. The number of esters is 1. The number of benzene rings is 1. The summed E-state index contributed by atoms with van der Waals surface area (Å²) >= 11 is 1.49. The van der Waals surface area contributed by atoms with Gasteiger partial charge in [-0.15, -0.1) is 11.3 Å². The van der Waals surface area contributed by atoms with E-state index in [9.17, 15) is 9.59 Å². The molecular formula is C22H27NO4S. The first-order chi connectivity index (χ1) is 13.5. The lowest BCUT2D eigenvalue weighted by Gasteiger charge is -2.18. The van der Waals surface area contributed by atoms with E-state index >= 15 is 0 Å². The largest absolute Gasteiger partial charge is 0.494 e. The Morgan fingerprint density at radius 1 is 1.25 bits per heavy atom. The second-order valence-electron chi connectivity index (χ2n) is 7.23. The normalized spacial score (nSPS) is 15.6. The molecule has 1 atom stereocenters. The fraction of sp³-hybridized carbons (Fsp3) is 0.455. The summed E-state index contributed by atoms with van der Waals surface area (Å²) in [6, 6.07) is 7.08. The van der Waals surface area contributed by atoms with Crippen molar-refractivity contribution in [2.75, 3.05) is 19.0 Å². The number of carbonyl (C=O) groups is 2. The predicted octanol–water partition coefficient (Wildman–Crippen LogP) is 5.09. The van der Waals surface area contributed by atoms with Gasteiger partial charge in [-0.05, 0) is 61.4 Å². The summed E-state index contributed by atoms with van der Waals surface area (Å²) < 4.78 is 10.6. The first-order valence-electron chi connectivity index (χ1n) is 9.80. The quantitative estimate of drug-likeness (QED) is 0.518. The number of hydrogen-bond acceptors (Lipinski definition) is 5. The van der Waals surface area contributed by atoms with Gasteiger partial charge < -0.3 is 14.8 Å². The van der Waals surface area contributed by atoms with Crippen molar-refractivity contribution < 1.29 is 19.1 Å². The highest BCUT2D eigenvalue weighted by atomic mass is 32.1. The summed E-state index contributed by atoms with van der Waals surface area (Å²) in [6.45, 7) is 5.00. The van der Waals surface area contributed by atoms with Gasteiger partial charge in [-0.2, -0.15) is 0 Å². The van der Waals surface area contributed by atoms with Crippen LogP contribution < -0.4 is 10.1 Å². The van der Waals surface area contributed by atoms with Crippen molar-refractivity contribution in [2.45, 2.75) is 46.0 Å². The van der Waals surface area contributed by atoms with Gasteiger partial charge in [0.25, 0.3) is 5.91 Å². The van der Waals surface area contributed by atoms with Crippen LogP contribution in [0.3, 0.4) is 0 Å². The number of methoxy groups -OCH3 is 1. The van der Waals surface area contributed by atoms with Crippen molar-refractivity contribution in [2.24, 2.45) is 5.92 Å². The number of nitrogens with one attached hydrogen (secondary N) is 1. The summed E-state index contributed by atoms with van der Waals surface area (Å²) in [5.41, 5.74) is 2.07. The van der Waals surface area contributed by atoms with Gasteiger partial charge in [-0.3, -0.25) is 4.79 Å². The standard InChI is InChI=1S/C22H27NO4S/c1-4-5-12-27-16-9-7-15(8-10-16)20(24)23-21-19(22(25)26-3)17-11-6-14(2)13-18(17)28-21/h7-10,14H,4-6,11-13H2,1-3H3,(H,23,24). The molecule has 0 radical (unpaired) electrons. The highest BCUT2D eigenvalue weighted by Crippen LogP contribution is 2.40. The molecule has 0 saturated carbocycles. The zero-order valence-corrected chi connectivity index (χ0v) is 17.5. The fourth-order valence-electron chi connectivity index (χ4n) is 3.37. The van der Waals surface area contributed by atoms with E-state index in [1.165, 1.54) is 23.3 Å². The van der Waals surface area contributed by atoms with E-state index in [2.05, 4.69) is 19.2 Å². The van der Waals surface area contributed by atoms with Gasteiger partial charge in [-0.1, -0.05) is 20.3 Å². The molecule has 2 aromatic rings. The first-order valence-corrected chi connectivity index (χ1v) is 10.6. The molecule has 3 rings (SSSR count). The van der Waals surface area contributed by atoms with Gasteiger partial charge in [0.05, 0.1) is 19.3 Å². The van der Waals surface area contributed by atoms with Gasteiger partial charge in [0, 0.05) is 10.4 Å². The maximum absolute atomic E-state index is 12.7. The molecule has 1 aromatic heterocycles. The van der Waals surface area contributed by atoms with E-state index in [-0.39, 0.29) is 11.9 Å². The van der Waals surface area contributed by atoms with Crippen LogP contribution in [0.15, 0.2) is 24.3 Å². The number of amides is 1. The van der Waals surface area contributed by atoms with Crippen molar-refractivity contribution in [3.8, 4) is 5.75 Å². The number of hydrogen-bond donors (Lipinski definition) is 1. The average Bonchev–Trinajstić information content (AvgIpc) is 3.04. The van der Waals surface area contributed by atoms with Crippen LogP contribution >= 0.6 is 11.3 Å². The summed E-state index contributed by atoms with van der Waals surface area (Å²) in [4.78, 5) is 26.3. The van der Waals surface area contributed by atoms with Gasteiger partial charge in [0.15, 0.2) is 0 Å². The Morgan fingerprint density at radius 2 is 2.00 bits per heavy atom. The Morgan fingerprint density at radius 3 is 2.68 bits per heavy atom. The topological polar surface area (TPSA) is 64.6 Å². The number of ether oxygens (including phenoxy) is 2. The van der Waals surface area contributed by atoms with E-state index in [1.54, 1.807) is 24.3 Å². The monoisotopic (exact) mass is 401 g/mol. The average molecular weight is 402 g/mol. The number of thiophene rings is 1. The molecule has 1 N–H and O–H groups in total. The van der Waals surface area contributed by atoms with Gasteiger partial charge >= 0.3 is 5.97 Å². The zero-order chi connectivity index (χ0) is 20.1. The molecule has 28 heavy (non-hydrogen) atoms. The lowest BCUT2D eigenvalue weighted by Crippen LogP contribution is -2.16. The van der Waals surface area contributed by atoms with Crippen LogP contribution in [0, 0.1) is 5.92 Å². The SMILES string of the molecule is CCCCOc1ccc(C(=O)Nc2sc3c(c2C(=O)OC)CCC(C)C3)cc1. The minimum absolute atomic E-state index is 0.239. The minimum atomic E-state index is -0.387. The molecule has 150 valence electrons. The first kappa shape index (κ1) is 20.4. The molecule has 0 bridgehead atoms. The van der Waals surface area contributed by atoms with E-state index in [1.807, 2.05) is 0 Å². The third-order valence-corrected chi connectivity index (χ3v) is 6.18. The molecule has 1 unspecified atom stereocenters. The van der Waals surface area contributed by atoms with Crippen LogP contribution in [-0.2, 0) is 17.6 Å². The molecule has 1 aliphatic carbocycles. The Labute approximate surface area is 170 Å². The Hall–Kier alpha value is -2.34. The van der Waals surface area contributed by atoms with Crippen molar-refractivity contribution in [3.05, 3.63) is 45.8 Å². The third-order valence-electron chi connectivity index (χ3n) is 5.01. The molecule has 0 spiro atoms. The van der Waals surface area contributed by atoms with Crippen molar-refractivity contribution >= 4 is 28.2 Å². The molecular weight excluding hydrogens is 374 g/mol. The van der Waals surface area contributed by atoms with Crippen LogP contribution in [0.2, 0.25) is 0 Å². The molecule has 1 heterocycles.